The van der Waals surface area contributed by atoms with Crippen LogP contribution in [0.1, 0.15) is 0 Å². The first-order valence-electron chi connectivity index (χ1n) is 23.5. The molecule has 3 heteroatoms. The van der Waals surface area contributed by atoms with E-state index in [-0.39, 0.29) is 0 Å². The zero-order chi connectivity index (χ0) is 45.4. The molecule has 0 fully saturated rings. The maximum Gasteiger partial charge on any atom is 0.0979 e. The summed E-state index contributed by atoms with van der Waals surface area (Å²) in [7, 11) is 0. The van der Waals surface area contributed by atoms with Crippen molar-refractivity contribution < 1.29 is 0 Å². The first-order chi connectivity index (χ1) is 34.1. The molecule has 0 atom stereocenters. The quantitative estimate of drug-likeness (QED) is 0.155. The molecule has 12 aromatic carbocycles. The van der Waals surface area contributed by atoms with Crippen molar-refractivity contribution in [2.45, 2.75) is 0 Å². The summed E-state index contributed by atoms with van der Waals surface area (Å²) in [4.78, 5) is 10.7. The lowest BCUT2D eigenvalue weighted by atomic mass is 9.92. The minimum absolute atomic E-state index is 0.847. The summed E-state index contributed by atoms with van der Waals surface area (Å²) >= 11 is 1.88. The molecule has 0 bridgehead atoms. The van der Waals surface area contributed by atoms with Gasteiger partial charge in [-0.05, 0) is 124 Å². The van der Waals surface area contributed by atoms with Gasteiger partial charge in [0.1, 0.15) is 0 Å². The Morgan fingerprint density at radius 2 is 0.754 bits per heavy atom. The van der Waals surface area contributed by atoms with Crippen LogP contribution in [0.2, 0.25) is 0 Å². The number of hydrogen-bond donors (Lipinski definition) is 0. The molecular formula is C66H40N2S. The highest BCUT2D eigenvalue weighted by Crippen LogP contribution is 2.42. The number of benzene rings is 12. The minimum atomic E-state index is 0.847. The second kappa shape index (κ2) is 16.0. The third-order valence-electron chi connectivity index (χ3n) is 14.1. The average molecular weight is 893 g/mol. The zero-order valence-electron chi connectivity index (χ0n) is 37.4. The summed E-state index contributed by atoms with van der Waals surface area (Å²) in [6, 6.07) is 86.3. The van der Waals surface area contributed by atoms with E-state index in [9.17, 15) is 0 Å². The number of aromatic nitrogens is 2. The van der Waals surface area contributed by atoms with E-state index in [1.54, 1.807) is 0 Å². The van der Waals surface area contributed by atoms with Gasteiger partial charge in [0.25, 0.3) is 0 Å². The molecule has 0 N–H and O–H groups in total. The van der Waals surface area contributed by atoms with E-state index >= 15 is 0 Å². The Balaban J connectivity index is 0.822. The van der Waals surface area contributed by atoms with Crippen LogP contribution in [0.4, 0.5) is 0 Å². The van der Waals surface area contributed by atoms with Crippen LogP contribution in [0.15, 0.2) is 243 Å². The van der Waals surface area contributed by atoms with E-state index < -0.39 is 0 Å². The van der Waals surface area contributed by atoms with Crippen LogP contribution >= 0.6 is 11.3 Å². The Morgan fingerprint density at radius 3 is 1.42 bits per heavy atom. The standard InChI is InChI=1S/C66H40N2S/c1-3-11-47-35-50(29-25-41(47)9-1)52-31-33-57-60(38-52)61-39-53(51-30-26-42-10-2-4-12-48(42)36-51)32-34-58(61)65-64(57)67-40-62(68-65)54-14-7-13-49(37-54)45-21-19-43(20-22-45)44-23-27-46(28-24-44)55-16-8-17-59-56-15-5-6-18-63(56)69-66(55)59/h1-40H. The summed E-state index contributed by atoms with van der Waals surface area (Å²) in [5.74, 6) is 0. The third-order valence-corrected chi connectivity index (χ3v) is 15.3. The predicted octanol–water partition coefficient (Wildman–Crippen LogP) is 18.6. The van der Waals surface area contributed by atoms with Crippen LogP contribution in [0.5, 0.6) is 0 Å². The van der Waals surface area contributed by atoms with E-state index in [0.717, 1.165) is 49.6 Å². The Bertz CT molecular complexity index is 4360. The fourth-order valence-corrected chi connectivity index (χ4v) is 11.7. The second-order valence-corrected chi connectivity index (χ2v) is 19.2. The number of fused-ring (bicyclic) bond motifs is 11. The molecule has 0 unspecified atom stereocenters. The molecule has 14 aromatic rings. The van der Waals surface area contributed by atoms with Crippen molar-refractivity contribution in [1.29, 1.82) is 0 Å². The lowest BCUT2D eigenvalue weighted by Crippen LogP contribution is -1.93. The molecule has 0 radical (unpaired) electrons. The van der Waals surface area contributed by atoms with Crippen LogP contribution in [-0.4, -0.2) is 9.97 Å². The number of thiophene rings is 1. The third kappa shape index (κ3) is 6.78. The van der Waals surface area contributed by atoms with Crippen LogP contribution < -0.4 is 0 Å². The molecule has 0 aliphatic carbocycles. The minimum Gasteiger partial charge on any atom is -0.252 e. The molecule has 0 aliphatic rings. The topological polar surface area (TPSA) is 25.8 Å². The van der Waals surface area contributed by atoms with Gasteiger partial charge in [-0.25, -0.2) is 4.98 Å². The number of hydrogen-bond acceptors (Lipinski definition) is 3. The van der Waals surface area contributed by atoms with E-state index in [4.69, 9.17) is 9.97 Å². The van der Waals surface area contributed by atoms with Crippen molar-refractivity contribution in [2.75, 3.05) is 0 Å². The van der Waals surface area contributed by atoms with Gasteiger partial charge in [-0.1, -0.05) is 200 Å². The number of nitrogens with zero attached hydrogens (tertiary/aromatic N) is 2. The molecule has 69 heavy (non-hydrogen) atoms. The molecule has 0 aliphatic heterocycles. The molecule has 2 heterocycles. The highest BCUT2D eigenvalue weighted by molar-refractivity contribution is 7.26. The lowest BCUT2D eigenvalue weighted by molar-refractivity contribution is 1.31. The molecule has 0 saturated heterocycles. The van der Waals surface area contributed by atoms with Gasteiger partial charge in [0.15, 0.2) is 0 Å². The fourth-order valence-electron chi connectivity index (χ4n) is 10.5. The van der Waals surface area contributed by atoms with Crippen LogP contribution in [0, 0.1) is 0 Å². The normalized spacial score (nSPS) is 11.8. The maximum atomic E-state index is 5.47. The van der Waals surface area contributed by atoms with Gasteiger partial charge in [0, 0.05) is 36.5 Å². The van der Waals surface area contributed by atoms with Crippen molar-refractivity contribution in [3.63, 3.8) is 0 Å². The van der Waals surface area contributed by atoms with Gasteiger partial charge in [-0.2, -0.15) is 0 Å². The van der Waals surface area contributed by atoms with E-state index in [2.05, 4.69) is 237 Å². The van der Waals surface area contributed by atoms with Gasteiger partial charge in [-0.15, -0.1) is 11.3 Å². The van der Waals surface area contributed by atoms with Crippen molar-refractivity contribution in [1.82, 2.24) is 9.97 Å². The zero-order valence-corrected chi connectivity index (χ0v) is 38.2. The first kappa shape index (κ1) is 39.4. The molecular weight excluding hydrogens is 853 g/mol. The summed E-state index contributed by atoms with van der Waals surface area (Å²) < 4.78 is 2.67. The predicted molar refractivity (Wildman–Crippen MR) is 295 cm³/mol. The molecule has 2 nitrogen and oxygen atoms in total. The molecule has 0 amide bonds. The van der Waals surface area contributed by atoms with Gasteiger partial charge in [0.05, 0.1) is 22.9 Å². The lowest BCUT2D eigenvalue weighted by Gasteiger charge is -2.14. The highest BCUT2D eigenvalue weighted by atomic mass is 32.1. The smallest absolute Gasteiger partial charge is 0.0979 e. The van der Waals surface area contributed by atoms with Gasteiger partial charge in [-0.3, -0.25) is 4.98 Å². The fraction of sp³-hybridized carbons (Fsp3) is 0. The summed E-state index contributed by atoms with van der Waals surface area (Å²) in [5, 5.41) is 12.1. The summed E-state index contributed by atoms with van der Waals surface area (Å²) in [6.45, 7) is 0. The molecule has 14 rings (SSSR count). The maximum absolute atomic E-state index is 5.47. The largest absolute Gasteiger partial charge is 0.252 e. The Kier molecular flexibility index (Phi) is 9.11. The van der Waals surface area contributed by atoms with Crippen molar-refractivity contribution in [2.24, 2.45) is 0 Å². The van der Waals surface area contributed by atoms with Crippen molar-refractivity contribution in [3.8, 4) is 66.9 Å². The van der Waals surface area contributed by atoms with Crippen molar-refractivity contribution >= 4 is 85.6 Å². The van der Waals surface area contributed by atoms with E-state index in [0.29, 0.717) is 0 Å². The Morgan fingerprint density at radius 1 is 0.275 bits per heavy atom. The SMILES string of the molecule is c1cc(-c2ccc(-c3ccc(-c4cccc5c4sc4ccccc45)cc3)cc2)cc(-c2cnc3c4ccc(-c5ccc6ccccc6c5)cc4c4cc(-c5ccc6ccccc6c5)ccc4c3n2)c1. The Labute approximate surface area is 403 Å². The van der Waals surface area contributed by atoms with Gasteiger partial charge >= 0.3 is 0 Å². The number of rotatable bonds is 6. The molecule has 320 valence electrons. The summed E-state index contributed by atoms with van der Waals surface area (Å²) in [5.41, 5.74) is 15.6. The monoisotopic (exact) mass is 892 g/mol. The van der Waals surface area contributed by atoms with Crippen molar-refractivity contribution in [3.05, 3.63) is 243 Å². The van der Waals surface area contributed by atoms with E-state index in [1.165, 1.54) is 91.6 Å². The highest BCUT2D eigenvalue weighted by Gasteiger charge is 2.17. The van der Waals surface area contributed by atoms with Crippen LogP contribution in [0.25, 0.3) is 141 Å². The average Bonchev–Trinajstić information content (AvgIpc) is 3.82. The van der Waals surface area contributed by atoms with E-state index in [1.807, 2.05) is 17.5 Å². The van der Waals surface area contributed by atoms with Gasteiger partial charge < -0.3 is 0 Å². The van der Waals surface area contributed by atoms with Crippen LogP contribution in [0.3, 0.4) is 0 Å². The Hall–Kier alpha value is -8.76. The molecule has 2 aromatic heterocycles. The van der Waals surface area contributed by atoms with Crippen LogP contribution in [-0.2, 0) is 0 Å². The molecule has 0 saturated carbocycles. The summed E-state index contributed by atoms with van der Waals surface area (Å²) in [6.07, 6.45) is 1.95. The first-order valence-corrected chi connectivity index (χ1v) is 24.3. The van der Waals surface area contributed by atoms with Gasteiger partial charge in [0.2, 0.25) is 0 Å². The second-order valence-electron chi connectivity index (χ2n) is 18.1. The molecule has 0 spiro atoms.